The second-order valence-corrected chi connectivity index (χ2v) is 4.93. The quantitative estimate of drug-likeness (QED) is 0.803. The summed E-state index contributed by atoms with van der Waals surface area (Å²) in [6.07, 6.45) is 1.90. The molecule has 0 unspecified atom stereocenters. The molecular formula is C15H19NO4. The van der Waals surface area contributed by atoms with E-state index in [1.807, 2.05) is 4.90 Å². The minimum Gasteiger partial charge on any atom is -0.497 e. The summed E-state index contributed by atoms with van der Waals surface area (Å²) in [5.41, 5.74) is 0.636. The highest BCUT2D eigenvalue weighted by molar-refractivity contribution is 5.96. The maximum absolute atomic E-state index is 12.1. The van der Waals surface area contributed by atoms with Gasteiger partial charge >= 0.3 is 5.97 Å². The van der Waals surface area contributed by atoms with Crippen molar-refractivity contribution in [1.82, 2.24) is 4.90 Å². The first kappa shape index (κ1) is 14.5. The number of likely N-dealkylation sites (tertiary alicyclic amines) is 1. The number of hydrogen-bond acceptors (Lipinski definition) is 4. The van der Waals surface area contributed by atoms with Crippen molar-refractivity contribution in [2.45, 2.75) is 25.3 Å². The van der Waals surface area contributed by atoms with Gasteiger partial charge in [0.05, 0.1) is 7.11 Å². The first-order valence-electron chi connectivity index (χ1n) is 6.76. The Labute approximate surface area is 118 Å². The van der Waals surface area contributed by atoms with Gasteiger partial charge in [-0.2, -0.15) is 0 Å². The minimum absolute atomic E-state index is 0.0312. The van der Waals surface area contributed by atoms with Crippen molar-refractivity contribution in [3.63, 3.8) is 0 Å². The Balaban J connectivity index is 1.89. The molecule has 5 heteroatoms. The Bertz CT molecular complexity index is 483. The lowest BCUT2D eigenvalue weighted by Crippen LogP contribution is -2.37. The Kier molecular flexibility index (Phi) is 4.74. The number of hydrogen-bond donors (Lipinski definition) is 1. The molecule has 2 rings (SSSR count). The van der Waals surface area contributed by atoms with E-state index in [2.05, 4.69) is 0 Å². The van der Waals surface area contributed by atoms with E-state index in [0.717, 1.165) is 13.0 Å². The highest BCUT2D eigenvalue weighted by Crippen LogP contribution is 2.18. The summed E-state index contributed by atoms with van der Waals surface area (Å²) in [7, 11) is 1.58. The molecule has 1 saturated heterocycles. The van der Waals surface area contributed by atoms with Gasteiger partial charge in [0.25, 0.3) is 0 Å². The van der Waals surface area contributed by atoms with Crippen LogP contribution in [0.4, 0.5) is 0 Å². The van der Waals surface area contributed by atoms with Gasteiger partial charge in [-0.1, -0.05) is 0 Å². The van der Waals surface area contributed by atoms with Crippen LogP contribution in [0.3, 0.4) is 0 Å². The van der Waals surface area contributed by atoms with Crippen LogP contribution in [-0.2, 0) is 4.79 Å². The zero-order valence-electron chi connectivity index (χ0n) is 11.5. The highest BCUT2D eigenvalue weighted by Gasteiger charge is 2.30. The molecule has 1 fully saturated rings. The first-order chi connectivity index (χ1) is 9.61. The molecule has 108 valence electrons. The number of aliphatic carboxylic acids is 1. The molecule has 5 nitrogen and oxygen atoms in total. The van der Waals surface area contributed by atoms with Crippen LogP contribution in [-0.4, -0.2) is 48.0 Å². The maximum atomic E-state index is 12.1. The largest absolute Gasteiger partial charge is 0.497 e. The molecule has 1 atom stereocenters. The number of benzene rings is 1. The van der Waals surface area contributed by atoms with E-state index in [1.54, 1.807) is 31.4 Å². The predicted octanol–water partition coefficient (Wildman–Crippen LogP) is 1.82. The molecule has 1 aliphatic heterocycles. The molecule has 0 bridgehead atoms. The molecule has 1 aromatic rings. The average Bonchev–Trinajstić information content (AvgIpc) is 2.93. The topological polar surface area (TPSA) is 66.8 Å². The van der Waals surface area contributed by atoms with Crippen LogP contribution in [0.25, 0.3) is 0 Å². The van der Waals surface area contributed by atoms with Crippen LogP contribution in [0.5, 0.6) is 5.75 Å². The van der Waals surface area contributed by atoms with E-state index in [-0.39, 0.29) is 5.78 Å². The van der Waals surface area contributed by atoms with Crippen molar-refractivity contribution < 1.29 is 19.4 Å². The van der Waals surface area contributed by atoms with E-state index < -0.39 is 12.0 Å². The van der Waals surface area contributed by atoms with Crippen LogP contribution in [0.15, 0.2) is 24.3 Å². The fourth-order valence-electron chi connectivity index (χ4n) is 2.54. The normalized spacial score (nSPS) is 18.9. The van der Waals surface area contributed by atoms with E-state index in [0.29, 0.717) is 30.7 Å². The zero-order valence-corrected chi connectivity index (χ0v) is 11.5. The molecule has 0 radical (unpaired) electrons. The number of Topliss-reactive ketones (excluding diaryl/α,β-unsaturated/α-hetero) is 1. The van der Waals surface area contributed by atoms with Crippen molar-refractivity contribution in [1.29, 1.82) is 0 Å². The van der Waals surface area contributed by atoms with E-state index in [4.69, 9.17) is 9.84 Å². The third-order valence-electron chi connectivity index (χ3n) is 3.69. The van der Waals surface area contributed by atoms with Gasteiger partial charge in [-0.25, -0.2) is 0 Å². The third kappa shape index (κ3) is 3.36. The first-order valence-corrected chi connectivity index (χ1v) is 6.76. The predicted molar refractivity (Wildman–Crippen MR) is 74.2 cm³/mol. The van der Waals surface area contributed by atoms with Gasteiger partial charge in [0.15, 0.2) is 5.78 Å². The lowest BCUT2D eigenvalue weighted by molar-refractivity contribution is -0.142. The molecule has 1 N–H and O–H groups in total. The Morgan fingerprint density at radius 1 is 1.35 bits per heavy atom. The SMILES string of the molecule is COc1ccc(C(=O)CCN2CCC[C@H]2C(=O)O)cc1. The van der Waals surface area contributed by atoms with Crippen LogP contribution >= 0.6 is 0 Å². The number of methoxy groups -OCH3 is 1. The number of rotatable bonds is 6. The molecule has 0 aromatic heterocycles. The van der Waals surface area contributed by atoms with Gasteiger partial charge in [-0.15, -0.1) is 0 Å². The Morgan fingerprint density at radius 2 is 2.05 bits per heavy atom. The van der Waals surface area contributed by atoms with Gasteiger partial charge in [0, 0.05) is 18.5 Å². The fraction of sp³-hybridized carbons (Fsp3) is 0.467. The summed E-state index contributed by atoms with van der Waals surface area (Å²) in [4.78, 5) is 25.0. The van der Waals surface area contributed by atoms with Crippen LogP contribution < -0.4 is 4.74 Å². The van der Waals surface area contributed by atoms with Crippen molar-refractivity contribution in [3.8, 4) is 5.75 Å². The van der Waals surface area contributed by atoms with Gasteiger partial charge in [0.2, 0.25) is 0 Å². The fourth-order valence-corrected chi connectivity index (χ4v) is 2.54. The molecule has 1 aromatic carbocycles. The van der Waals surface area contributed by atoms with Gasteiger partial charge < -0.3 is 9.84 Å². The molecule has 0 spiro atoms. The third-order valence-corrected chi connectivity index (χ3v) is 3.69. The molecule has 20 heavy (non-hydrogen) atoms. The van der Waals surface area contributed by atoms with Gasteiger partial charge in [-0.3, -0.25) is 14.5 Å². The molecule has 0 aliphatic carbocycles. The molecular weight excluding hydrogens is 258 g/mol. The minimum atomic E-state index is -0.792. The summed E-state index contributed by atoms with van der Waals surface area (Å²) >= 11 is 0. The summed E-state index contributed by atoms with van der Waals surface area (Å²) in [6.45, 7) is 1.26. The van der Waals surface area contributed by atoms with Crippen molar-refractivity contribution in [2.75, 3.05) is 20.2 Å². The molecule has 1 aliphatic rings. The Morgan fingerprint density at radius 3 is 2.65 bits per heavy atom. The van der Waals surface area contributed by atoms with Crippen molar-refractivity contribution in [3.05, 3.63) is 29.8 Å². The molecule has 0 saturated carbocycles. The lowest BCUT2D eigenvalue weighted by Gasteiger charge is -2.20. The van der Waals surface area contributed by atoms with Gasteiger partial charge in [0.1, 0.15) is 11.8 Å². The lowest BCUT2D eigenvalue weighted by atomic mass is 10.1. The monoisotopic (exact) mass is 277 g/mol. The zero-order chi connectivity index (χ0) is 14.5. The van der Waals surface area contributed by atoms with E-state index in [9.17, 15) is 9.59 Å². The summed E-state index contributed by atoms with van der Waals surface area (Å²) < 4.78 is 5.05. The standard InChI is InChI=1S/C15H19NO4/c1-20-12-6-4-11(5-7-12)14(17)8-10-16-9-2-3-13(16)15(18)19/h4-7,13H,2-3,8-10H2,1H3,(H,18,19)/t13-/m0/s1. The van der Waals surface area contributed by atoms with Gasteiger partial charge in [-0.05, 0) is 43.7 Å². The number of carboxylic acids is 1. The van der Waals surface area contributed by atoms with Crippen LogP contribution in [0, 0.1) is 0 Å². The molecule has 0 amide bonds. The van der Waals surface area contributed by atoms with Crippen LogP contribution in [0.1, 0.15) is 29.6 Å². The average molecular weight is 277 g/mol. The van der Waals surface area contributed by atoms with E-state index in [1.165, 1.54) is 0 Å². The second kappa shape index (κ2) is 6.52. The van der Waals surface area contributed by atoms with Crippen molar-refractivity contribution >= 4 is 11.8 Å². The number of ether oxygens (including phenoxy) is 1. The highest BCUT2D eigenvalue weighted by atomic mass is 16.5. The summed E-state index contributed by atoms with van der Waals surface area (Å²) in [5.74, 6) is -0.0462. The number of carbonyl (C=O) groups excluding carboxylic acids is 1. The maximum Gasteiger partial charge on any atom is 0.320 e. The Hall–Kier alpha value is -1.88. The number of carbonyl (C=O) groups is 2. The van der Waals surface area contributed by atoms with E-state index >= 15 is 0 Å². The molecule has 1 heterocycles. The number of carboxylic acid groups (broad SMARTS) is 1. The van der Waals surface area contributed by atoms with Crippen molar-refractivity contribution in [2.24, 2.45) is 0 Å². The summed E-state index contributed by atoms with van der Waals surface area (Å²) in [5, 5.41) is 9.08. The number of nitrogens with zero attached hydrogens (tertiary/aromatic N) is 1. The summed E-state index contributed by atoms with van der Waals surface area (Å²) in [6, 6.07) is 6.55. The number of ketones is 1. The second-order valence-electron chi connectivity index (χ2n) is 4.93. The smallest absolute Gasteiger partial charge is 0.320 e. The van der Waals surface area contributed by atoms with Crippen LogP contribution in [0.2, 0.25) is 0 Å².